The van der Waals surface area contributed by atoms with Crippen molar-refractivity contribution in [2.45, 2.75) is 24.7 Å². The van der Waals surface area contributed by atoms with Crippen molar-refractivity contribution in [1.29, 1.82) is 0 Å². The van der Waals surface area contributed by atoms with E-state index in [2.05, 4.69) is 5.32 Å². The summed E-state index contributed by atoms with van der Waals surface area (Å²) in [6.45, 7) is 0.124. The van der Waals surface area contributed by atoms with Gasteiger partial charge in [-0.3, -0.25) is 14.1 Å². The van der Waals surface area contributed by atoms with Crippen LogP contribution in [0.3, 0.4) is 0 Å². The van der Waals surface area contributed by atoms with Gasteiger partial charge in [-0.2, -0.15) is 8.42 Å². The molecule has 2 heterocycles. The molecule has 0 saturated carbocycles. The summed E-state index contributed by atoms with van der Waals surface area (Å²) in [7, 11) is -4.62. The number of benzene rings is 1. The number of carbonyl (C=O) groups is 2. The highest BCUT2D eigenvalue weighted by Gasteiger charge is 2.60. The van der Waals surface area contributed by atoms with Crippen LogP contribution >= 0.6 is 0 Å². The molecule has 3 N–H and O–H groups in total. The number of amides is 2. The van der Waals surface area contributed by atoms with Gasteiger partial charge >= 0.3 is 10.3 Å². The first-order chi connectivity index (χ1) is 10.8. The fraction of sp³-hybridized carbons (Fsp3) is 0.385. The van der Waals surface area contributed by atoms with E-state index in [0.717, 1.165) is 4.90 Å². The second-order valence-electron chi connectivity index (χ2n) is 5.36. The summed E-state index contributed by atoms with van der Waals surface area (Å²) in [5.74, 6) is -1.58. The van der Waals surface area contributed by atoms with Crippen molar-refractivity contribution in [3.05, 3.63) is 30.3 Å². The number of likely N-dealkylation sites (tertiary alicyclic amines) is 1. The molecule has 9 nitrogen and oxygen atoms in total. The molecule has 3 rings (SSSR count). The molecule has 0 radical (unpaired) electrons. The third kappa shape index (κ3) is 2.64. The predicted molar refractivity (Wildman–Crippen MR) is 78.4 cm³/mol. The molecule has 0 bridgehead atoms. The number of nitrogens with zero attached hydrogens (tertiary/aromatic N) is 2. The second-order valence-corrected chi connectivity index (χ2v) is 6.65. The van der Waals surface area contributed by atoms with Crippen LogP contribution in [0.4, 0.5) is 5.69 Å². The van der Waals surface area contributed by atoms with E-state index in [1.54, 1.807) is 30.3 Å². The van der Waals surface area contributed by atoms with Gasteiger partial charge in [0.05, 0.1) is 6.04 Å². The first kappa shape index (κ1) is 15.7. The maximum absolute atomic E-state index is 12.3. The van der Waals surface area contributed by atoms with Crippen LogP contribution in [0.5, 0.6) is 0 Å². The number of aliphatic hydroxyl groups excluding tert-OH is 1. The van der Waals surface area contributed by atoms with Gasteiger partial charge in [-0.1, -0.05) is 18.2 Å². The van der Waals surface area contributed by atoms with Gasteiger partial charge in [0.15, 0.2) is 0 Å². The monoisotopic (exact) mass is 341 g/mol. The van der Waals surface area contributed by atoms with Crippen LogP contribution in [0.2, 0.25) is 0 Å². The van der Waals surface area contributed by atoms with Gasteiger partial charge < -0.3 is 15.3 Å². The minimum atomic E-state index is -4.62. The van der Waals surface area contributed by atoms with E-state index in [9.17, 15) is 23.1 Å². The Kier molecular flexibility index (Phi) is 3.74. The number of nitrogens with one attached hydrogen (secondary N) is 1. The standard InChI is InChI=1S/C13H15N3O6S/c17-11(14-8-4-2-1-3-5-8)13(19)15-7-6-9-10(15)12(18)16(9)23(20,21)22/h1-5,9-11,14,17H,6-7H2,(H,20,21,22). The average Bonchev–Trinajstić information content (AvgIpc) is 2.84. The lowest BCUT2D eigenvalue weighted by Crippen LogP contribution is -2.69. The van der Waals surface area contributed by atoms with Crippen molar-refractivity contribution < 1.29 is 27.7 Å². The maximum atomic E-state index is 12.3. The number of β-lactam (4-membered cyclic amide) rings is 1. The Hall–Kier alpha value is -2.17. The summed E-state index contributed by atoms with van der Waals surface area (Å²) in [6.07, 6.45) is -1.33. The van der Waals surface area contributed by atoms with E-state index < -0.39 is 40.4 Å². The number of carbonyl (C=O) groups excluding carboxylic acids is 2. The zero-order valence-electron chi connectivity index (χ0n) is 11.9. The molecule has 1 aromatic rings. The van der Waals surface area contributed by atoms with Crippen molar-refractivity contribution >= 4 is 27.8 Å². The van der Waals surface area contributed by atoms with Crippen LogP contribution in [0.15, 0.2) is 30.3 Å². The Labute approximate surface area is 132 Å². The fourth-order valence-electron chi connectivity index (χ4n) is 2.97. The van der Waals surface area contributed by atoms with E-state index in [-0.39, 0.29) is 13.0 Å². The van der Waals surface area contributed by atoms with Crippen molar-refractivity contribution in [2.24, 2.45) is 0 Å². The molecule has 10 heteroatoms. The number of rotatable bonds is 4. The zero-order valence-corrected chi connectivity index (χ0v) is 12.7. The highest BCUT2D eigenvalue weighted by molar-refractivity contribution is 7.84. The van der Waals surface area contributed by atoms with Gasteiger partial charge in [0.25, 0.3) is 11.8 Å². The topological polar surface area (TPSA) is 127 Å². The summed E-state index contributed by atoms with van der Waals surface area (Å²) in [5, 5.41) is 12.6. The summed E-state index contributed by atoms with van der Waals surface area (Å²) in [5.41, 5.74) is 0.531. The summed E-state index contributed by atoms with van der Waals surface area (Å²) in [4.78, 5) is 25.3. The van der Waals surface area contributed by atoms with Crippen LogP contribution in [0.1, 0.15) is 6.42 Å². The number of aliphatic hydroxyl groups is 1. The molecule has 3 unspecified atom stereocenters. The highest BCUT2D eigenvalue weighted by atomic mass is 32.2. The second kappa shape index (κ2) is 5.48. The predicted octanol–water partition coefficient (Wildman–Crippen LogP) is -0.969. The van der Waals surface area contributed by atoms with Crippen molar-refractivity contribution in [3.63, 3.8) is 0 Å². The first-order valence-electron chi connectivity index (χ1n) is 6.91. The molecular formula is C13H15N3O6S. The lowest BCUT2D eigenvalue weighted by atomic mass is 10.0. The minimum absolute atomic E-state index is 0.124. The lowest BCUT2D eigenvalue weighted by Gasteiger charge is -2.42. The molecule has 1 aromatic carbocycles. The van der Waals surface area contributed by atoms with Gasteiger partial charge in [0.1, 0.15) is 6.04 Å². The van der Waals surface area contributed by atoms with Gasteiger partial charge in [-0.25, -0.2) is 4.31 Å². The molecule has 0 aliphatic carbocycles. The molecule has 2 fully saturated rings. The number of fused-ring (bicyclic) bond motifs is 1. The van der Waals surface area contributed by atoms with E-state index in [1.807, 2.05) is 0 Å². The molecule has 0 spiro atoms. The Morgan fingerprint density at radius 3 is 2.57 bits per heavy atom. The molecular weight excluding hydrogens is 326 g/mol. The summed E-state index contributed by atoms with van der Waals surface area (Å²) >= 11 is 0. The number of hydrogen-bond donors (Lipinski definition) is 3. The van der Waals surface area contributed by atoms with Gasteiger partial charge in [-0.05, 0) is 18.6 Å². The number of para-hydroxylation sites is 1. The largest absolute Gasteiger partial charge is 0.366 e. The van der Waals surface area contributed by atoms with Gasteiger partial charge in [0.2, 0.25) is 6.23 Å². The quantitative estimate of drug-likeness (QED) is 0.365. The molecule has 2 aliphatic rings. The minimum Gasteiger partial charge on any atom is -0.366 e. The molecule has 0 aromatic heterocycles. The smallest absolute Gasteiger partial charge is 0.362 e. The Morgan fingerprint density at radius 1 is 1.30 bits per heavy atom. The van der Waals surface area contributed by atoms with Crippen LogP contribution < -0.4 is 5.32 Å². The Morgan fingerprint density at radius 2 is 1.96 bits per heavy atom. The number of hydrogen-bond acceptors (Lipinski definition) is 6. The van der Waals surface area contributed by atoms with E-state index in [4.69, 9.17) is 4.55 Å². The van der Waals surface area contributed by atoms with E-state index >= 15 is 0 Å². The molecule has 23 heavy (non-hydrogen) atoms. The Balaban J connectivity index is 1.69. The van der Waals surface area contributed by atoms with Crippen molar-refractivity contribution in [2.75, 3.05) is 11.9 Å². The van der Waals surface area contributed by atoms with Crippen molar-refractivity contribution in [1.82, 2.24) is 9.21 Å². The molecule has 2 aliphatic heterocycles. The third-order valence-corrected chi connectivity index (χ3v) is 4.93. The van der Waals surface area contributed by atoms with Crippen LogP contribution in [-0.4, -0.2) is 64.0 Å². The maximum Gasteiger partial charge on any atom is 0.362 e. The molecule has 3 atom stereocenters. The lowest BCUT2D eigenvalue weighted by molar-refractivity contribution is -0.154. The SMILES string of the molecule is O=C(C(O)Nc1ccccc1)N1CCC2C1C(=O)N2S(=O)(=O)O. The summed E-state index contributed by atoms with van der Waals surface area (Å²) < 4.78 is 31.6. The number of anilines is 1. The van der Waals surface area contributed by atoms with Gasteiger partial charge in [0, 0.05) is 12.2 Å². The zero-order chi connectivity index (χ0) is 16.8. The summed E-state index contributed by atoms with van der Waals surface area (Å²) in [6, 6.07) is 6.83. The first-order valence-corrected chi connectivity index (χ1v) is 8.31. The van der Waals surface area contributed by atoms with Crippen LogP contribution in [0, 0.1) is 0 Å². The normalized spacial score (nSPS) is 24.9. The van der Waals surface area contributed by atoms with E-state index in [0.29, 0.717) is 9.99 Å². The molecule has 2 saturated heterocycles. The van der Waals surface area contributed by atoms with Crippen LogP contribution in [0.25, 0.3) is 0 Å². The molecule has 124 valence electrons. The third-order valence-electron chi connectivity index (χ3n) is 3.98. The highest BCUT2D eigenvalue weighted by Crippen LogP contribution is 2.35. The van der Waals surface area contributed by atoms with Gasteiger partial charge in [-0.15, -0.1) is 0 Å². The Bertz CT molecular complexity index is 737. The van der Waals surface area contributed by atoms with Crippen LogP contribution in [-0.2, 0) is 19.9 Å². The average molecular weight is 341 g/mol. The molecule has 2 amide bonds. The van der Waals surface area contributed by atoms with E-state index in [1.165, 1.54) is 0 Å². The fourth-order valence-corrected chi connectivity index (χ4v) is 3.87. The van der Waals surface area contributed by atoms with Crippen molar-refractivity contribution in [3.8, 4) is 0 Å².